The van der Waals surface area contributed by atoms with Gasteiger partial charge >= 0.3 is 17.9 Å². The summed E-state index contributed by atoms with van der Waals surface area (Å²) in [5.74, 6) is -0.998. The molecule has 0 aliphatic heterocycles. The van der Waals surface area contributed by atoms with Crippen LogP contribution in [0.3, 0.4) is 0 Å². The maximum Gasteiger partial charge on any atom is 0.306 e. The van der Waals surface area contributed by atoms with Crippen molar-refractivity contribution in [2.75, 3.05) is 13.2 Å². The number of ether oxygens (including phenoxy) is 3. The van der Waals surface area contributed by atoms with Crippen LogP contribution in [0.4, 0.5) is 0 Å². The van der Waals surface area contributed by atoms with Crippen LogP contribution in [0.5, 0.6) is 0 Å². The van der Waals surface area contributed by atoms with Gasteiger partial charge in [-0.25, -0.2) is 0 Å². The molecule has 0 fully saturated rings. The highest BCUT2D eigenvalue weighted by Crippen LogP contribution is 2.12. The van der Waals surface area contributed by atoms with E-state index in [1.54, 1.807) is 0 Å². The van der Waals surface area contributed by atoms with Crippen molar-refractivity contribution in [2.24, 2.45) is 0 Å². The molecule has 0 aliphatic carbocycles. The van der Waals surface area contributed by atoms with Crippen molar-refractivity contribution in [3.8, 4) is 0 Å². The third-order valence-electron chi connectivity index (χ3n) is 8.50. The lowest BCUT2D eigenvalue weighted by atomic mass is 10.1. The maximum absolute atomic E-state index is 12.6. The molecule has 0 aliphatic rings. The molecule has 0 heterocycles. The molecule has 0 saturated carbocycles. The first-order valence-corrected chi connectivity index (χ1v) is 20.8. The van der Waals surface area contributed by atoms with Crippen LogP contribution >= 0.6 is 0 Å². The van der Waals surface area contributed by atoms with Crippen LogP contribution in [-0.2, 0) is 28.6 Å². The molecule has 1 atom stereocenters. The molecule has 0 amide bonds. The van der Waals surface area contributed by atoms with E-state index in [4.69, 9.17) is 14.2 Å². The van der Waals surface area contributed by atoms with Gasteiger partial charge in [0.25, 0.3) is 0 Å². The minimum Gasteiger partial charge on any atom is -0.462 e. The Labute approximate surface area is 313 Å². The zero-order chi connectivity index (χ0) is 37.3. The summed E-state index contributed by atoms with van der Waals surface area (Å²) in [6, 6.07) is 0. The highest BCUT2D eigenvalue weighted by Gasteiger charge is 2.19. The van der Waals surface area contributed by atoms with Gasteiger partial charge in [-0.2, -0.15) is 0 Å². The molecule has 0 saturated heterocycles. The summed E-state index contributed by atoms with van der Waals surface area (Å²) in [4.78, 5) is 37.4. The van der Waals surface area contributed by atoms with Gasteiger partial charge in [0.1, 0.15) is 13.2 Å². The molecule has 0 spiro atoms. The van der Waals surface area contributed by atoms with Gasteiger partial charge in [-0.05, 0) is 89.9 Å². The van der Waals surface area contributed by atoms with Crippen LogP contribution in [0, 0.1) is 0 Å². The highest BCUT2D eigenvalue weighted by atomic mass is 16.6. The summed E-state index contributed by atoms with van der Waals surface area (Å²) < 4.78 is 16.5. The van der Waals surface area contributed by atoms with Crippen molar-refractivity contribution in [3.05, 3.63) is 60.8 Å². The monoisotopic (exact) mass is 713 g/mol. The van der Waals surface area contributed by atoms with Gasteiger partial charge in [-0.15, -0.1) is 0 Å². The average molecular weight is 713 g/mol. The number of rotatable bonds is 36. The molecule has 51 heavy (non-hydrogen) atoms. The Morgan fingerprint density at radius 3 is 1.47 bits per heavy atom. The second-order valence-corrected chi connectivity index (χ2v) is 13.5. The molecule has 1 unspecified atom stereocenters. The van der Waals surface area contributed by atoms with Crippen LogP contribution in [-0.4, -0.2) is 37.2 Å². The standard InChI is InChI=1S/C45H76O6/c1-4-7-10-13-16-19-20-21-22-23-24-27-29-32-35-38-44(47)50-41-42(51-45(48)39-36-33-30-26-18-15-12-9-6-3)40-49-43(46)37-34-31-28-25-17-14-11-8-5-2/h9,12,16,18-21,25-26,28,42H,4-8,10-11,13-15,17,22-24,27,29-41H2,1-3H3/b12-9-,19-16-,21-20-,26-18-,28-25-. The SMILES string of the molecule is CC/C=C\C/C=C\CCCCC(=O)OC(COC(=O)CCC/C=C\CCCCCC)COC(=O)CCCCCCCC/C=C\C=C/CCCCC. The summed E-state index contributed by atoms with van der Waals surface area (Å²) >= 11 is 0. The summed E-state index contributed by atoms with van der Waals surface area (Å²) in [5, 5.41) is 0. The second-order valence-electron chi connectivity index (χ2n) is 13.5. The number of unbranched alkanes of at least 4 members (excludes halogenated alkanes) is 16. The molecular weight excluding hydrogens is 636 g/mol. The third kappa shape index (κ3) is 38.2. The van der Waals surface area contributed by atoms with E-state index in [0.717, 1.165) is 64.2 Å². The van der Waals surface area contributed by atoms with Crippen molar-refractivity contribution >= 4 is 17.9 Å². The number of allylic oxidation sites excluding steroid dienone is 10. The van der Waals surface area contributed by atoms with Gasteiger partial charge in [0.2, 0.25) is 0 Å². The van der Waals surface area contributed by atoms with Gasteiger partial charge in [0.05, 0.1) is 0 Å². The molecule has 0 rings (SSSR count). The van der Waals surface area contributed by atoms with Crippen LogP contribution < -0.4 is 0 Å². The number of hydrogen-bond donors (Lipinski definition) is 0. The van der Waals surface area contributed by atoms with E-state index in [1.165, 1.54) is 70.6 Å². The molecular formula is C45H76O6. The molecule has 0 N–H and O–H groups in total. The van der Waals surface area contributed by atoms with Crippen molar-refractivity contribution < 1.29 is 28.6 Å². The molecule has 6 heteroatoms. The van der Waals surface area contributed by atoms with Crippen LogP contribution in [0.2, 0.25) is 0 Å². The molecule has 292 valence electrons. The lowest BCUT2D eigenvalue weighted by Crippen LogP contribution is -2.30. The predicted molar refractivity (Wildman–Crippen MR) is 215 cm³/mol. The topological polar surface area (TPSA) is 78.9 Å². The lowest BCUT2D eigenvalue weighted by Gasteiger charge is -2.18. The molecule has 0 aromatic carbocycles. The average Bonchev–Trinajstić information content (AvgIpc) is 3.12. The Hall–Kier alpha value is -2.89. The summed E-state index contributed by atoms with van der Waals surface area (Å²) in [7, 11) is 0. The van der Waals surface area contributed by atoms with E-state index in [2.05, 4.69) is 81.5 Å². The van der Waals surface area contributed by atoms with Crippen molar-refractivity contribution in [1.82, 2.24) is 0 Å². The van der Waals surface area contributed by atoms with E-state index in [-0.39, 0.29) is 37.5 Å². The first-order chi connectivity index (χ1) is 25.0. The number of carbonyl (C=O) groups is 3. The van der Waals surface area contributed by atoms with Crippen LogP contribution in [0.1, 0.15) is 188 Å². The van der Waals surface area contributed by atoms with Crippen molar-refractivity contribution in [1.29, 1.82) is 0 Å². The van der Waals surface area contributed by atoms with Crippen LogP contribution in [0.25, 0.3) is 0 Å². The highest BCUT2D eigenvalue weighted by molar-refractivity contribution is 5.71. The van der Waals surface area contributed by atoms with Crippen molar-refractivity contribution in [2.45, 2.75) is 194 Å². The first kappa shape index (κ1) is 48.1. The molecule has 0 aromatic rings. The number of esters is 3. The Morgan fingerprint density at radius 2 is 0.843 bits per heavy atom. The Bertz CT molecular complexity index is 960. The van der Waals surface area contributed by atoms with Gasteiger partial charge < -0.3 is 14.2 Å². The lowest BCUT2D eigenvalue weighted by molar-refractivity contribution is -0.167. The molecule has 6 nitrogen and oxygen atoms in total. The minimum atomic E-state index is -0.802. The van der Waals surface area contributed by atoms with Gasteiger partial charge in [-0.3, -0.25) is 14.4 Å². The van der Waals surface area contributed by atoms with E-state index < -0.39 is 6.10 Å². The Kier molecular flexibility index (Phi) is 37.6. The second kappa shape index (κ2) is 39.9. The zero-order valence-electron chi connectivity index (χ0n) is 33.1. The van der Waals surface area contributed by atoms with E-state index in [1.807, 2.05) is 0 Å². The smallest absolute Gasteiger partial charge is 0.306 e. The summed E-state index contributed by atoms with van der Waals surface area (Å²) in [6.45, 7) is 6.35. The quantitative estimate of drug-likeness (QED) is 0.0211. The van der Waals surface area contributed by atoms with E-state index in [9.17, 15) is 14.4 Å². The first-order valence-electron chi connectivity index (χ1n) is 20.8. The third-order valence-corrected chi connectivity index (χ3v) is 8.50. The van der Waals surface area contributed by atoms with Gasteiger partial charge in [0.15, 0.2) is 6.10 Å². The number of carbonyl (C=O) groups excluding carboxylic acids is 3. The fourth-order valence-electron chi connectivity index (χ4n) is 5.35. The fraction of sp³-hybridized carbons (Fsp3) is 0.711. The normalized spacial score (nSPS) is 12.6. The summed E-state index contributed by atoms with van der Waals surface area (Å²) in [6.07, 6.45) is 46.5. The summed E-state index contributed by atoms with van der Waals surface area (Å²) in [5.41, 5.74) is 0. The molecule has 0 bridgehead atoms. The largest absolute Gasteiger partial charge is 0.462 e. The van der Waals surface area contributed by atoms with Gasteiger partial charge in [0, 0.05) is 19.3 Å². The molecule has 0 aromatic heterocycles. The fourth-order valence-corrected chi connectivity index (χ4v) is 5.35. The Balaban J connectivity index is 4.41. The maximum atomic E-state index is 12.6. The van der Waals surface area contributed by atoms with E-state index >= 15 is 0 Å². The minimum absolute atomic E-state index is 0.103. The predicted octanol–water partition coefficient (Wildman–Crippen LogP) is 13.0. The number of hydrogen-bond acceptors (Lipinski definition) is 6. The van der Waals surface area contributed by atoms with Gasteiger partial charge in [-0.1, -0.05) is 139 Å². The van der Waals surface area contributed by atoms with Crippen molar-refractivity contribution in [3.63, 3.8) is 0 Å². The zero-order valence-corrected chi connectivity index (χ0v) is 33.1. The molecule has 0 radical (unpaired) electrons. The van der Waals surface area contributed by atoms with Crippen LogP contribution in [0.15, 0.2) is 60.8 Å². The van der Waals surface area contributed by atoms with E-state index in [0.29, 0.717) is 25.7 Å². The Morgan fingerprint density at radius 1 is 0.431 bits per heavy atom.